The molecule has 0 aliphatic carbocycles. The number of nitro benzene ring substituents is 1. The molecule has 1 aromatic carbocycles. The van der Waals surface area contributed by atoms with Gasteiger partial charge >= 0.3 is 0 Å². The lowest BCUT2D eigenvalue weighted by Gasteiger charge is -2.35. The summed E-state index contributed by atoms with van der Waals surface area (Å²) >= 11 is 0. The predicted molar refractivity (Wildman–Crippen MR) is 84.8 cm³/mol. The third-order valence-corrected chi connectivity index (χ3v) is 4.02. The molecule has 1 N–H and O–H groups in total. The molecule has 0 aromatic heterocycles. The van der Waals surface area contributed by atoms with Gasteiger partial charge < -0.3 is 14.8 Å². The fraction of sp³-hybridized carbons (Fsp3) is 0.562. The Kier molecular flexibility index (Phi) is 4.24. The Labute approximate surface area is 135 Å². The van der Waals surface area contributed by atoms with E-state index in [2.05, 4.69) is 5.32 Å². The topological polar surface area (TPSA) is 90.7 Å². The van der Waals surface area contributed by atoms with E-state index in [4.69, 9.17) is 9.47 Å². The van der Waals surface area contributed by atoms with Crippen molar-refractivity contribution < 1.29 is 19.2 Å². The van der Waals surface area contributed by atoms with Gasteiger partial charge in [0.2, 0.25) is 0 Å². The Bertz CT molecular complexity index is 651. The van der Waals surface area contributed by atoms with Gasteiger partial charge in [0.05, 0.1) is 4.92 Å². The SMILES string of the molecule is CCCNC(=O)c1c([N+](=O)[O-])ccc2c1OC(C)(C(C)(C)C)O2. The van der Waals surface area contributed by atoms with Crippen molar-refractivity contribution in [3.63, 3.8) is 0 Å². The van der Waals surface area contributed by atoms with E-state index < -0.39 is 22.0 Å². The molecule has 1 aromatic rings. The molecule has 126 valence electrons. The third kappa shape index (κ3) is 2.95. The summed E-state index contributed by atoms with van der Waals surface area (Å²) in [5.74, 6) is -1.07. The van der Waals surface area contributed by atoms with E-state index in [0.717, 1.165) is 6.42 Å². The zero-order chi connectivity index (χ0) is 17.4. The quantitative estimate of drug-likeness (QED) is 0.678. The standard InChI is InChI=1S/C16H22N2O5/c1-6-9-17-14(19)12-10(18(20)21)7-8-11-13(12)23-16(5,22-11)15(2,3)4/h7-8H,6,9H2,1-5H3,(H,17,19). The Balaban J connectivity index is 2.53. The van der Waals surface area contributed by atoms with Gasteiger partial charge in [0, 0.05) is 24.9 Å². The van der Waals surface area contributed by atoms with Gasteiger partial charge in [-0.1, -0.05) is 27.7 Å². The zero-order valence-electron chi connectivity index (χ0n) is 14.1. The summed E-state index contributed by atoms with van der Waals surface area (Å²) in [4.78, 5) is 23.1. The number of nitrogens with zero attached hydrogens (tertiary/aromatic N) is 1. The third-order valence-electron chi connectivity index (χ3n) is 4.02. The first-order chi connectivity index (χ1) is 10.6. The van der Waals surface area contributed by atoms with E-state index in [9.17, 15) is 14.9 Å². The first-order valence-electron chi connectivity index (χ1n) is 7.58. The van der Waals surface area contributed by atoms with E-state index >= 15 is 0 Å². The number of hydrogen-bond acceptors (Lipinski definition) is 5. The highest BCUT2D eigenvalue weighted by molar-refractivity contribution is 6.02. The molecule has 0 saturated heterocycles. The molecule has 1 heterocycles. The molecule has 0 radical (unpaired) electrons. The van der Waals surface area contributed by atoms with Gasteiger partial charge in [0.15, 0.2) is 17.1 Å². The normalized spacial score (nSPS) is 19.5. The van der Waals surface area contributed by atoms with E-state index in [-0.39, 0.29) is 17.0 Å². The van der Waals surface area contributed by atoms with Gasteiger partial charge in [-0.2, -0.15) is 0 Å². The predicted octanol–water partition coefficient (Wildman–Crippen LogP) is 3.27. The molecule has 0 spiro atoms. The summed E-state index contributed by atoms with van der Waals surface area (Å²) in [5.41, 5.74) is -0.772. The smallest absolute Gasteiger partial charge is 0.286 e. The molecule has 1 amide bonds. The summed E-state index contributed by atoms with van der Waals surface area (Å²) in [6, 6.07) is 2.75. The largest absolute Gasteiger partial charge is 0.448 e. The van der Waals surface area contributed by atoms with Gasteiger partial charge in [-0.05, 0) is 12.5 Å². The Hall–Kier alpha value is -2.31. The molecule has 23 heavy (non-hydrogen) atoms. The van der Waals surface area contributed by atoms with Crippen LogP contribution < -0.4 is 14.8 Å². The van der Waals surface area contributed by atoms with Crippen molar-refractivity contribution in [2.75, 3.05) is 6.54 Å². The maximum Gasteiger partial charge on any atom is 0.286 e. The molecular weight excluding hydrogens is 300 g/mol. The second-order valence-corrected chi connectivity index (χ2v) is 6.70. The van der Waals surface area contributed by atoms with Crippen molar-refractivity contribution in [1.82, 2.24) is 5.32 Å². The molecule has 1 aliphatic rings. The number of hydrogen-bond donors (Lipinski definition) is 1. The minimum absolute atomic E-state index is 0.0890. The minimum atomic E-state index is -1.01. The number of benzene rings is 1. The van der Waals surface area contributed by atoms with Crippen molar-refractivity contribution >= 4 is 11.6 Å². The Morgan fingerprint density at radius 3 is 2.52 bits per heavy atom. The molecule has 7 heteroatoms. The monoisotopic (exact) mass is 322 g/mol. The second kappa shape index (κ2) is 5.72. The minimum Gasteiger partial charge on any atom is -0.448 e. The van der Waals surface area contributed by atoms with E-state index in [1.165, 1.54) is 12.1 Å². The summed E-state index contributed by atoms with van der Waals surface area (Å²) in [6.07, 6.45) is 0.728. The highest BCUT2D eigenvalue weighted by Gasteiger charge is 2.49. The maximum absolute atomic E-state index is 12.4. The highest BCUT2D eigenvalue weighted by Crippen LogP contribution is 2.50. The lowest BCUT2D eigenvalue weighted by Crippen LogP contribution is -2.47. The molecule has 1 aliphatic heterocycles. The van der Waals surface area contributed by atoms with Crippen molar-refractivity contribution in [2.24, 2.45) is 5.41 Å². The summed E-state index contributed by atoms with van der Waals surface area (Å²) in [6.45, 7) is 9.89. The van der Waals surface area contributed by atoms with Crippen molar-refractivity contribution in [1.29, 1.82) is 0 Å². The van der Waals surface area contributed by atoms with Crippen LogP contribution in [0.15, 0.2) is 12.1 Å². The number of nitro groups is 1. The van der Waals surface area contributed by atoms with Crippen LogP contribution in [0.2, 0.25) is 0 Å². The van der Waals surface area contributed by atoms with E-state index in [1.807, 2.05) is 27.7 Å². The van der Waals surface area contributed by atoms with Crippen molar-refractivity contribution in [3.05, 3.63) is 27.8 Å². The van der Waals surface area contributed by atoms with Crippen LogP contribution >= 0.6 is 0 Å². The average molecular weight is 322 g/mol. The average Bonchev–Trinajstić information content (AvgIpc) is 2.80. The Morgan fingerprint density at radius 2 is 2.00 bits per heavy atom. The van der Waals surface area contributed by atoms with Gasteiger partial charge in [-0.25, -0.2) is 0 Å². The van der Waals surface area contributed by atoms with Crippen LogP contribution in [0.25, 0.3) is 0 Å². The maximum atomic E-state index is 12.4. The molecule has 1 unspecified atom stereocenters. The highest BCUT2D eigenvalue weighted by atomic mass is 16.7. The molecule has 0 fully saturated rings. The molecule has 2 rings (SSSR count). The summed E-state index contributed by atoms with van der Waals surface area (Å²) in [5, 5.41) is 13.9. The zero-order valence-corrected chi connectivity index (χ0v) is 14.1. The van der Waals surface area contributed by atoms with Gasteiger partial charge in [-0.15, -0.1) is 0 Å². The van der Waals surface area contributed by atoms with Crippen LogP contribution in [0, 0.1) is 15.5 Å². The van der Waals surface area contributed by atoms with Crippen LogP contribution in [-0.4, -0.2) is 23.2 Å². The van der Waals surface area contributed by atoms with Gasteiger partial charge in [-0.3, -0.25) is 14.9 Å². The van der Waals surface area contributed by atoms with Crippen LogP contribution in [0.4, 0.5) is 5.69 Å². The molecular formula is C16H22N2O5. The first kappa shape index (κ1) is 17.1. The molecule has 0 bridgehead atoms. The fourth-order valence-corrected chi connectivity index (χ4v) is 2.16. The van der Waals surface area contributed by atoms with Crippen LogP contribution in [0.1, 0.15) is 51.4 Å². The summed E-state index contributed by atoms with van der Waals surface area (Å²) in [7, 11) is 0. The van der Waals surface area contributed by atoms with Crippen molar-refractivity contribution in [2.45, 2.75) is 46.8 Å². The Morgan fingerprint density at radius 1 is 1.35 bits per heavy atom. The number of ether oxygens (including phenoxy) is 2. The number of amides is 1. The number of nitrogens with one attached hydrogen (secondary N) is 1. The van der Waals surface area contributed by atoms with Crippen LogP contribution in [0.3, 0.4) is 0 Å². The molecule has 0 saturated carbocycles. The van der Waals surface area contributed by atoms with Crippen LogP contribution in [0.5, 0.6) is 11.5 Å². The lowest BCUT2D eigenvalue weighted by molar-refractivity contribution is -0.385. The molecule has 1 atom stereocenters. The fourth-order valence-electron chi connectivity index (χ4n) is 2.16. The van der Waals surface area contributed by atoms with Crippen molar-refractivity contribution in [3.8, 4) is 11.5 Å². The van der Waals surface area contributed by atoms with Gasteiger partial charge in [0.25, 0.3) is 17.4 Å². The lowest BCUT2D eigenvalue weighted by atomic mass is 9.87. The molecule has 7 nitrogen and oxygen atoms in total. The summed E-state index contributed by atoms with van der Waals surface area (Å²) < 4.78 is 11.8. The number of carbonyl (C=O) groups is 1. The van der Waals surface area contributed by atoms with Crippen LogP contribution in [-0.2, 0) is 0 Å². The first-order valence-corrected chi connectivity index (χ1v) is 7.58. The van der Waals surface area contributed by atoms with Gasteiger partial charge in [0.1, 0.15) is 0 Å². The second-order valence-electron chi connectivity index (χ2n) is 6.70. The number of fused-ring (bicyclic) bond motifs is 1. The number of carbonyl (C=O) groups excluding carboxylic acids is 1. The van der Waals surface area contributed by atoms with E-state index in [0.29, 0.717) is 12.3 Å². The van der Waals surface area contributed by atoms with E-state index in [1.54, 1.807) is 6.92 Å². The number of rotatable bonds is 4.